The molecule has 0 atom stereocenters. The van der Waals surface area contributed by atoms with E-state index in [9.17, 15) is 0 Å². The first-order chi connectivity index (χ1) is 16.1. The van der Waals surface area contributed by atoms with E-state index in [0.29, 0.717) is 21.6 Å². The largest absolute Gasteiger partial charge is 0.335 e. The molecule has 162 valence electrons. The van der Waals surface area contributed by atoms with Crippen molar-refractivity contribution in [3.8, 4) is 0 Å². The molecule has 0 aliphatic carbocycles. The van der Waals surface area contributed by atoms with E-state index in [4.69, 9.17) is 39.8 Å². The lowest BCUT2D eigenvalue weighted by Gasteiger charge is -2.34. The summed E-state index contributed by atoms with van der Waals surface area (Å²) in [5.74, 6) is 0. The lowest BCUT2D eigenvalue weighted by Crippen LogP contribution is -2.28. The summed E-state index contributed by atoms with van der Waals surface area (Å²) in [7, 11) is 0. The first-order valence-electron chi connectivity index (χ1n) is 10.5. The number of pyridine rings is 1. The molecule has 4 aromatic rings. The predicted octanol–water partition coefficient (Wildman–Crippen LogP) is 8.51. The van der Waals surface area contributed by atoms with Crippen LogP contribution in [0.4, 0.5) is 5.69 Å². The summed E-state index contributed by atoms with van der Waals surface area (Å²) in [6, 6.07) is 29.7. The average Bonchev–Trinajstić information content (AvgIpc) is 2.85. The highest BCUT2D eigenvalue weighted by Crippen LogP contribution is 2.40. The third kappa shape index (κ3) is 4.69. The summed E-state index contributed by atoms with van der Waals surface area (Å²) in [5.41, 5.74) is 7.37. The van der Waals surface area contributed by atoms with Crippen molar-refractivity contribution in [1.29, 1.82) is 0 Å². The maximum Gasteiger partial charge on any atom is 0.0873 e. The first-order valence-corrected chi connectivity index (χ1v) is 11.6. The highest BCUT2D eigenvalue weighted by molar-refractivity contribution is 6.31. The second-order valence-electron chi connectivity index (χ2n) is 7.72. The maximum atomic E-state index is 6.20. The van der Waals surface area contributed by atoms with Gasteiger partial charge in [0, 0.05) is 39.1 Å². The summed E-state index contributed by atoms with van der Waals surface area (Å²) < 4.78 is 0. The predicted molar refractivity (Wildman–Crippen MR) is 141 cm³/mol. The van der Waals surface area contributed by atoms with Gasteiger partial charge in [0.25, 0.3) is 0 Å². The van der Waals surface area contributed by atoms with Crippen LogP contribution in [0, 0.1) is 0 Å². The Balaban J connectivity index is 1.77. The van der Waals surface area contributed by atoms with Crippen LogP contribution in [0.1, 0.15) is 16.8 Å². The normalized spacial score (nSPS) is 13.8. The minimum atomic E-state index is 0.673. The number of aromatic nitrogens is 1. The zero-order valence-corrected chi connectivity index (χ0v) is 19.8. The fourth-order valence-corrected chi connectivity index (χ4v) is 4.37. The molecule has 0 amide bonds. The lowest BCUT2D eigenvalue weighted by atomic mass is 9.91. The first kappa shape index (κ1) is 21.8. The lowest BCUT2D eigenvalue weighted by molar-refractivity contribution is 1.08. The van der Waals surface area contributed by atoms with Gasteiger partial charge in [0.05, 0.1) is 11.4 Å². The zero-order valence-electron chi connectivity index (χ0n) is 17.6. The van der Waals surface area contributed by atoms with Gasteiger partial charge in [-0.15, -0.1) is 0 Å². The van der Waals surface area contributed by atoms with Gasteiger partial charge in [-0.3, -0.25) is 4.98 Å². The monoisotopic (exact) mass is 488 g/mol. The van der Waals surface area contributed by atoms with E-state index in [1.54, 1.807) is 0 Å². The Bertz CT molecular complexity index is 1330. The van der Waals surface area contributed by atoms with Crippen LogP contribution >= 0.6 is 34.8 Å². The van der Waals surface area contributed by atoms with E-state index < -0.39 is 0 Å². The fourth-order valence-electron chi connectivity index (χ4n) is 3.99. The van der Waals surface area contributed by atoms with Crippen LogP contribution in [0.2, 0.25) is 15.1 Å². The number of benzene rings is 3. The van der Waals surface area contributed by atoms with Crippen LogP contribution in [-0.2, 0) is 0 Å². The molecule has 0 fully saturated rings. The molecule has 2 nitrogen and oxygen atoms in total. The molecule has 1 aliphatic heterocycles. The Labute approximate surface area is 208 Å². The molecule has 0 N–H and O–H groups in total. The minimum absolute atomic E-state index is 0.673. The second-order valence-corrected chi connectivity index (χ2v) is 9.03. The molecule has 0 spiro atoms. The van der Waals surface area contributed by atoms with Crippen LogP contribution in [0.15, 0.2) is 103 Å². The standard InChI is InChI=1S/C28H19Cl3N2/c29-22-8-4-19(5-9-22)21-17-26(20-6-10-23(30)11-7-20)28(27-3-1-2-16-32-27)33(18-21)25-14-12-24(31)13-15-25/h1-17H,18H2. The Morgan fingerprint density at radius 2 is 1.21 bits per heavy atom. The van der Waals surface area contributed by atoms with Gasteiger partial charge in [0.1, 0.15) is 0 Å². The van der Waals surface area contributed by atoms with Crippen LogP contribution in [0.5, 0.6) is 0 Å². The van der Waals surface area contributed by atoms with Crippen molar-refractivity contribution < 1.29 is 0 Å². The van der Waals surface area contributed by atoms with Gasteiger partial charge in [0.2, 0.25) is 0 Å². The SMILES string of the molecule is Clc1ccc(C2=CC(c3ccc(Cl)cc3)=C(c3ccccn3)N(c3ccc(Cl)cc3)C2)cc1. The molecule has 0 bridgehead atoms. The maximum absolute atomic E-state index is 6.20. The van der Waals surface area contributed by atoms with Crippen molar-refractivity contribution in [3.63, 3.8) is 0 Å². The number of allylic oxidation sites excluding steroid dienone is 2. The smallest absolute Gasteiger partial charge is 0.0873 e. The summed E-state index contributed by atoms with van der Waals surface area (Å²) >= 11 is 18.6. The number of rotatable bonds is 4. The molecule has 5 heteroatoms. The Morgan fingerprint density at radius 3 is 1.79 bits per heavy atom. The minimum Gasteiger partial charge on any atom is -0.335 e. The van der Waals surface area contributed by atoms with Crippen molar-refractivity contribution in [2.45, 2.75) is 0 Å². The second kappa shape index (κ2) is 9.44. The van der Waals surface area contributed by atoms with Gasteiger partial charge in [-0.2, -0.15) is 0 Å². The molecule has 5 rings (SSSR count). The summed E-state index contributed by atoms with van der Waals surface area (Å²) in [4.78, 5) is 6.98. The molecule has 0 unspecified atom stereocenters. The van der Waals surface area contributed by atoms with Crippen molar-refractivity contribution in [2.24, 2.45) is 0 Å². The number of anilines is 1. The Morgan fingerprint density at radius 1 is 0.636 bits per heavy atom. The van der Waals surface area contributed by atoms with Gasteiger partial charge in [-0.25, -0.2) is 0 Å². The van der Waals surface area contributed by atoms with Crippen molar-refractivity contribution in [1.82, 2.24) is 4.98 Å². The third-order valence-electron chi connectivity index (χ3n) is 5.59. The Hall–Kier alpha value is -3.04. The molecule has 2 heterocycles. The summed E-state index contributed by atoms with van der Waals surface area (Å²) in [6.07, 6.45) is 4.06. The van der Waals surface area contributed by atoms with Crippen molar-refractivity contribution in [2.75, 3.05) is 11.4 Å². The molecular weight excluding hydrogens is 471 g/mol. The highest BCUT2D eigenvalue weighted by atomic mass is 35.5. The van der Waals surface area contributed by atoms with Gasteiger partial charge >= 0.3 is 0 Å². The zero-order chi connectivity index (χ0) is 22.8. The molecule has 1 aromatic heterocycles. The summed E-state index contributed by atoms with van der Waals surface area (Å²) in [6.45, 7) is 0.673. The van der Waals surface area contributed by atoms with Gasteiger partial charge in [-0.1, -0.05) is 65.1 Å². The van der Waals surface area contributed by atoms with Crippen LogP contribution in [0.3, 0.4) is 0 Å². The molecule has 0 saturated carbocycles. The highest BCUT2D eigenvalue weighted by Gasteiger charge is 2.26. The summed E-state index contributed by atoms with van der Waals surface area (Å²) in [5, 5.41) is 2.11. The fraction of sp³-hybridized carbons (Fsp3) is 0.0357. The van der Waals surface area contributed by atoms with E-state index >= 15 is 0 Å². The molecule has 1 aliphatic rings. The van der Waals surface area contributed by atoms with Crippen LogP contribution in [0.25, 0.3) is 16.8 Å². The van der Waals surface area contributed by atoms with Crippen molar-refractivity contribution >= 4 is 57.3 Å². The third-order valence-corrected chi connectivity index (χ3v) is 6.34. The van der Waals surface area contributed by atoms with E-state index in [1.165, 1.54) is 5.57 Å². The topological polar surface area (TPSA) is 16.1 Å². The van der Waals surface area contributed by atoms with Gasteiger partial charge in [-0.05, 0) is 83.4 Å². The molecule has 0 saturated heterocycles. The number of hydrogen-bond acceptors (Lipinski definition) is 2. The van der Waals surface area contributed by atoms with Crippen LogP contribution in [-0.4, -0.2) is 11.5 Å². The van der Waals surface area contributed by atoms with E-state index in [0.717, 1.165) is 33.8 Å². The van der Waals surface area contributed by atoms with E-state index in [2.05, 4.69) is 23.1 Å². The van der Waals surface area contributed by atoms with E-state index in [-0.39, 0.29) is 0 Å². The Kier molecular flexibility index (Phi) is 6.24. The number of hydrogen-bond donors (Lipinski definition) is 0. The van der Waals surface area contributed by atoms with Crippen molar-refractivity contribution in [3.05, 3.63) is 135 Å². The van der Waals surface area contributed by atoms with Crippen LogP contribution < -0.4 is 4.90 Å². The quantitative estimate of drug-likeness (QED) is 0.285. The average molecular weight is 490 g/mol. The number of nitrogens with zero attached hydrogens (tertiary/aromatic N) is 2. The molecule has 33 heavy (non-hydrogen) atoms. The molecule has 0 radical (unpaired) electrons. The van der Waals surface area contributed by atoms with Gasteiger partial charge < -0.3 is 4.90 Å². The number of halogens is 3. The molecule has 3 aromatic carbocycles. The van der Waals surface area contributed by atoms with Gasteiger partial charge in [0.15, 0.2) is 0 Å². The molecular formula is C28H19Cl3N2. The van der Waals surface area contributed by atoms with E-state index in [1.807, 2.05) is 85.1 Å².